The van der Waals surface area contributed by atoms with Crippen LogP contribution in [0, 0.1) is 6.92 Å². The molecule has 0 fully saturated rings. The number of aryl methyl sites for hydroxylation is 2. The fourth-order valence-electron chi connectivity index (χ4n) is 2.63. The predicted octanol–water partition coefficient (Wildman–Crippen LogP) is 5.68. The molecule has 2 heterocycles. The summed E-state index contributed by atoms with van der Waals surface area (Å²) in [4.78, 5) is 9.28. The second-order valence-electron chi connectivity index (χ2n) is 5.59. The predicted molar refractivity (Wildman–Crippen MR) is 101 cm³/mol. The van der Waals surface area contributed by atoms with Gasteiger partial charge in [0, 0.05) is 16.9 Å². The van der Waals surface area contributed by atoms with Gasteiger partial charge in [-0.25, -0.2) is 9.97 Å². The Labute approximate surface area is 150 Å². The van der Waals surface area contributed by atoms with E-state index < -0.39 is 0 Å². The average Bonchev–Trinajstić information content (AvgIpc) is 3.02. The maximum absolute atomic E-state index is 5.60. The van der Waals surface area contributed by atoms with Crippen LogP contribution in [0.15, 0.2) is 45.5 Å². The maximum atomic E-state index is 5.60. The zero-order chi connectivity index (χ0) is 17.1. The Balaban J connectivity index is 1.99. The Morgan fingerprint density at radius 3 is 2.33 bits per heavy atom. The van der Waals surface area contributed by atoms with Crippen LogP contribution in [0.3, 0.4) is 0 Å². The third-order valence-corrected chi connectivity index (χ3v) is 4.41. The van der Waals surface area contributed by atoms with E-state index in [9.17, 15) is 0 Å². The zero-order valence-corrected chi connectivity index (χ0v) is 15.6. The van der Waals surface area contributed by atoms with Gasteiger partial charge >= 0.3 is 0 Å². The maximum Gasteiger partial charge on any atom is 0.197 e. The van der Waals surface area contributed by atoms with Crippen molar-refractivity contribution in [3.63, 3.8) is 0 Å². The van der Waals surface area contributed by atoms with Crippen LogP contribution < -0.4 is 5.32 Å². The highest BCUT2D eigenvalue weighted by Gasteiger charge is 2.14. The monoisotopic (exact) mass is 385 g/mol. The largest absolute Gasteiger partial charge is 0.446 e. The summed E-state index contributed by atoms with van der Waals surface area (Å²) < 4.78 is 6.27. The van der Waals surface area contributed by atoms with Crippen molar-refractivity contribution in [3.8, 4) is 11.6 Å². The molecule has 0 atom stereocenters. The number of hydrogen-bond acceptors (Lipinski definition) is 4. The van der Waals surface area contributed by atoms with E-state index in [1.54, 1.807) is 0 Å². The molecule has 0 aliphatic carbocycles. The van der Waals surface area contributed by atoms with Gasteiger partial charge in [-0.2, -0.15) is 0 Å². The zero-order valence-electron chi connectivity index (χ0n) is 14.1. The van der Waals surface area contributed by atoms with E-state index in [4.69, 9.17) is 4.42 Å². The summed E-state index contributed by atoms with van der Waals surface area (Å²) in [5.74, 6) is 2.07. The van der Waals surface area contributed by atoms with Crippen molar-refractivity contribution in [2.24, 2.45) is 0 Å². The van der Waals surface area contributed by atoms with Gasteiger partial charge in [0.05, 0.1) is 0 Å². The molecule has 3 rings (SSSR count). The summed E-state index contributed by atoms with van der Waals surface area (Å²) in [6.45, 7) is 6.27. The Kier molecular flexibility index (Phi) is 5.00. The molecule has 0 saturated heterocycles. The highest BCUT2D eigenvalue weighted by Crippen LogP contribution is 2.28. The minimum absolute atomic E-state index is 0.586. The first-order valence-electron chi connectivity index (χ1n) is 8.10. The number of nitrogens with one attached hydrogen (secondary N) is 1. The summed E-state index contributed by atoms with van der Waals surface area (Å²) in [5.41, 5.74) is 4.41. The quantitative estimate of drug-likeness (QED) is 0.613. The molecule has 0 aliphatic rings. The first kappa shape index (κ1) is 16.7. The standard InChI is InChI=1S/C19H20BrN3O/c1-4-13-6-8-14(9-7-13)22-18-15(5-2)12(3)21-19(23-18)16-10-11-17(20)24-16/h6-11H,4-5H2,1-3H3,(H,21,22,23). The Bertz CT molecular complexity index is 840. The Morgan fingerprint density at radius 1 is 1.00 bits per heavy atom. The molecule has 0 amide bonds. The topological polar surface area (TPSA) is 51.0 Å². The van der Waals surface area contributed by atoms with Gasteiger partial charge in [0.1, 0.15) is 5.82 Å². The van der Waals surface area contributed by atoms with Crippen molar-refractivity contribution >= 4 is 27.4 Å². The van der Waals surface area contributed by atoms with Gasteiger partial charge in [0.15, 0.2) is 16.3 Å². The average molecular weight is 386 g/mol. The molecule has 0 spiro atoms. The highest BCUT2D eigenvalue weighted by atomic mass is 79.9. The molecule has 0 aliphatic heterocycles. The minimum Gasteiger partial charge on any atom is -0.446 e. The van der Waals surface area contributed by atoms with Crippen molar-refractivity contribution in [2.45, 2.75) is 33.6 Å². The molecular weight excluding hydrogens is 366 g/mol. The number of benzene rings is 1. The fourth-order valence-corrected chi connectivity index (χ4v) is 2.93. The smallest absolute Gasteiger partial charge is 0.197 e. The van der Waals surface area contributed by atoms with Crippen LogP contribution in [0.1, 0.15) is 30.7 Å². The molecule has 0 bridgehead atoms. The van der Waals surface area contributed by atoms with Crippen LogP contribution in [-0.2, 0) is 12.8 Å². The SMILES string of the molecule is CCc1ccc(Nc2nc(-c3ccc(Br)o3)nc(C)c2CC)cc1. The molecule has 5 heteroatoms. The molecule has 1 aromatic carbocycles. The van der Waals surface area contributed by atoms with Gasteiger partial charge in [-0.05, 0) is 65.5 Å². The third-order valence-electron chi connectivity index (χ3n) is 3.99. The first-order chi connectivity index (χ1) is 11.6. The number of hydrogen-bond donors (Lipinski definition) is 1. The molecule has 124 valence electrons. The number of rotatable bonds is 5. The van der Waals surface area contributed by atoms with Crippen LogP contribution in [0.4, 0.5) is 11.5 Å². The van der Waals surface area contributed by atoms with Crippen molar-refractivity contribution in [3.05, 3.63) is 57.9 Å². The molecule has 4 nitrogen and oxygen atoms in total. The molecule has 24 heavy (non-hydrogen) atoms. The van der Waals surface area contributed by atoms with E-state index in [-0.39, 0.29) is 0 Å². The molecule has 2 aromatic heterocycles. The molecule has 0 radical (unpaired) electrons. The highest BCUT2D eigenvalue weighted by molar-refractivity contribution is 9.10. The van der Waals surface area contributed by atoms with Gasteiger partial charge in [-0.1, -0.05) is 26.0 Å². The van der Waals surface area contributed by atoms with Crippen LogP contribution in [-0.4, -0.2) is 9.97 Å². The van der Waals surface area contributed by atoms with Crippen LogP contribution >= 0.6 is 15.9 Å². The lowest BCUT2D eigenvalue weighted by Gasteiger charge is -2.13. The van der Waals surface area contributed by atoms with Crippen molar-refractivity contribution in [1.29, 1.82) is 0 Å². The van der Waals surface area contributed by atoms with Crippen LogP contribution in [0.25, 0.3) is 11.6 Å². The van der Waals surface area contributed by atoms with Crippen LogP contribution in [0.5, 0.6) is 0 Å². The van der Waals surface area contributed by atoms with Gasteiger partial charge in [-0.3, -0.25) is 0 Å². The minimum atomic E-state index is 0.586. The van der Waals surface area contributed by atoms with E-state index in [0.717, 1.165) is 35.6 Å². The number of furan rings is 1. The van der Waals surface area contributed by atoms with Crippen molar-refractivity contribution in [1.82, 2.24) is 9.97 Å². The van der Waals surface area contributed by atoms with Crippen molar-refractivity contribution in [2.75, 3.05) is 5.32 Å². The van der Waals surface area contributed by atoms with Gasteiger partial charge in [0.25, 0.3) is 0 Å². The second-order valence-corrected chi connectivity index (χ2v) is 6.37. The normalized spacial score (nSPS) is 10.8. The lowest BCUT2D eigenvalue weighted by atomic mass is 10.1. The van der Waals surface area contributed by atoms with Crippen molar-refractivity contribution < 1.29 is 4.42 Å². The van der Waals surface area contributed by atoms with Gasteiger partial charge in [-0.15, -0.1) is 0 Å². The summed E-state index contributed by atoms with van der Waals surface area (Å²) >= 11 is 3.32. The number of aromatic nitrogens is 2. The van der Waals surface area contributed by atoms with E-state index in [1.807, 2.05) is 19.1 Å². The third kappa shape index (κ3) is 3.51. The molecular formula is C19H20BrN3O. The molecule has 0 saturated carbocycles. The summed E-state index contributed by atoms with van der Waals surface area (Å²) in [7, 11) is 0. The summed E-state index contributed by atoms with van der Waals surface area (Å²) in [6, 6.07) is 12.1. The first-order valence-corrected chi connectivity index (χ1v) is 8.89. The molecule has 0 unspecified atom stereocenters. The van der Waals surface area contributed by atoms with E-state index in [0.29, 0.717) is 16.3 Å². The number of halogens is 1. The van der Waals surface area contributed by atoms with E-state index in [1.165, 1.54) is 5.56 Å². The van der Waals surface area contributed by atoms with Crippen LogP contribution in [0.2, 0.25) is 0 Å². The van der Waals surface area contributed by atoms with Gasteiger partial charge in [0.2, 0.25) is 0 Å². The number of anilines is 2. The fraction of sp³-hybridized carbons (Fsp3) is 0.263. The van der Waals surface area contributed by atoms with Gasteiger partial charge < -0.3 is 9.73 Å². The number of nitrogens with zero attached hydrogens (tertiary/aromatic N) is 2. The molecule has 3 aromatic rings. The van der Waals surface area contributed by atoms with E-state index >= 15 is 0 Å². The Hall–Kier alpha value is -2.14. The summed E-state index contributed by atoms with van der Waals surface area (Å²) in [5, 5.41) is 3.43. The lowest BCUT2D eigenvalue weighted by molar-refractivity contribution is 0.551. The van der Waals surface area contributed by atoms with E-state index in [2.05, 4.69) is 69.3 Å². The lowest BCUT2D eigenvalue weighted by Crippen LogP contribution is -2.05. The Morgan fingerprint density at radius 2 is 1.75 bits per heavy atom. The second kappa shape index (κ2) is 7.18. The summed E-state index contributed by atoms with van der Waals surface area (Å²) in [6.07, 6.45) is 1.90. The molecule has 1 N–H and O–H groups in total.